The molecule has 1 aromatic rings. The average Bonchev–Trinajstić information content (AvgIpc) is 2.46. The van der Waals surface area contributed by atoms with Crippen LogP contribution in [0, 0.1) is 19.8 Å². The SMILES string of the molecule is Cc1ccc(C(C)NC(=O)C2CCN(S(C)(=O)=O)CC2)c(C)c1. The van der Waals surface area contributed by atoms with Crippen LogP contribution in [0.15, 0.2) is 18.2 Å². The fourth-order valence-electron chi connectivity index (χ4n) is 3.17. The molecule has 23 heavy (non-hydrogen) atoms. The normalized spacial score (nSPS) is 18.6. The summed E-state index contributed by atoms with van der Waals surface area (Å²) in [6.45, 7) is 6.94. The lowest BCUT2D eigenvalue weighted by Gasteiger charge is -2.30. The van der Waals surface area contributed by atoms with Crippen LogP contribution in [0.1, 0.15) is 42.5 Å². The Labute approximate surface area is 139 Å². The third kappa shape index (κ3) is 4.54. The van der Waals surface area contributed by atoms with Crippen LogP contribution in [0.2, 0.25) is 0 Å². The van der Waals surface area contributed by atoms with Crippen LogP contribution in [0.4, 0.5) is 0 Å². The highest BCUT2D eigenvalue weighted by Gasteiger charge is 2.29. The van der Waals surface area contributed by atoms with Crippen molar-refractivity contribution in [1.29, 1.82) is 0 Å². The molecule has 1 amide bonds. The first-order valence-corrected chi connectivity index (χ1v) is 9.86. The summed E-state index contributed by atoms with van der Waals surface area (Å²) in [6.07, 6.45) is 2.38. The molecule has 1 heterocycles. The van der Waals surface area contributed by atoms with E-state index in [2.05, 4.69) is 37.4 Å². The zero-order valence-corrected chi connectivity index (χ0v) is 15.1. The first-order valence-electron chi connectivity index (χ1n) is 8.01. The largest absolute Gasteiger partial charge is 0.349 e. The number of piperidine rings is 1. The molecule has 0 aromatic heterocycles. The van der Waals surface area contributed by atoms with Crippen LogP contribution in [-0.4, -0.2) is 38.0 Å². The van der Waals surface area contributed by atoms with Crippen LogP contribution in [-0.2, 0) is 14.8 Å². The lowest BCUT2D eigenvalue weighted by Crippen LogP contribution is -2.43. The van der Waals surface area contributed by atoms with Crippen molar-refractivity contribution in [2.45, 2.75) is 39.7 Å². The molecule has 5 nitrogen and oxygen atoms in total. The minimum absolute atomic E-state index is 0.0191. The second-order valence-corrected chi connectivity index (χ2v) is 8.51. The van der Waals surface area contributed by atoms with Gasteiger partial charge in [-0.1, -0.05) is 23.8 Å². The number of carbonyl (C=O) groups excluding carboxylic acids is 1. The van der Waals surface area contributed by atoms with Gasteiger partial charge in [-0.15, -0.1) is 0 Å². The molecule has 1 aliphatic heterocycles. The van der Waals surface area contributed by atoms with E-state index in [1.54, 1.807) is 0 Å². The number of hydrogen-bond donors (Lipinski definition) is 1. The van der Waals surface area contributed by atoms with Crippen molar-refractivity contribution < 1.29 is 13.2 Å². The summed E-state index contributed by atoms with van der Waals surface area (Å²) in [7, 11) is -3.15. The standard InChI is InChI=1S/C17H26N2O3S/c1-12-5-6-16(13(2)11-12)14(3)18-17(20)15-7-9-19(10-8-15)23(4,21)22/h5-6,11,14-15H,7-10H2,1-4H3,(H,18,20). The molecule has 6 heteroatoms. The molecule has 0 saturated carbocycles. The van der Waals surface area contributed by atoms with Gasteiger partial charge in [0.05, 0.1) is 12.3 Å². The summed E-state index contributed by atoms with van der Waals surface area (Å²) >= 11 is 0. The van der Waals surface area contributed by atoms with Crippen molar-refractivity contribution in [3.05, 3.63) is 34.9 Å². The van der Waals surface area contributed by atoms with E-state index in [0.29, 0.717) is 25.9 Å². The van der Waals surface area contributed by atoms with Crippen molar-refractivity contribution in [1.82, 2.24) is 9.62 Å². The van der Waals surface area contributed by atoms with Gasteiger partial charge in [0.15, 0.2) is 0 Å². The summed E-state index contributed by atoms with van der Waals surface area (Å²) in [5, 5.41) is 3.07. The molecule has 1 fully saturated rings. The van der Waals surface area contributed by atoms with Crippen molar-refractivity contribution in [3.63, 3.8) is 0 Å². The second-order valence-electron chi connectivity index (χ2n) is 6.53. The minimum Gasteiger partial charge on any atom is -0.349 e. The van der Waals surface area contributed by atoms with Crippen LogP contribution in [0.5, 0.6) is 0 Å². The molecule has 0 bridgehead atoms. The van der Waals surface area contributed by atoms with Crippen LogP contribution < -0.4 is 5.32 Å². The molecule has 1 saturated heterocycles. The Bertz CT molecular complexity index is 677. The Morgan fingerprint density at radius 1 is 1.26 bits per heavy atom. The number of sulfonamides is 1. The van der Waals surface area contributed by atoms with E-state index < -0.39 is 10.0 Å². The molecule has 1 N–H and O–H groups in total. The van der Waals surface area contributed by atoms with Crippen molar-refractivity contribution in [2.24, 2.45) is 5.92 Å². The topological polar surface area (TPSA) is 66.5 Å². The fraction of sp³-hybridized carbons (Fsp3) is 0.588. The number of hydrogen-bond acceptors (Lipinski definition) is 3. The van der Waals surface area contributed by atoms with Gasteiger partial charge in [-0.05, 0) is 44.7 Å². The first kappa shape index (κ1) is 17.9. The predicted molar refractivity (Wildman–Crippen MR) is 91.6 cm³/mol. The van der Waals surface area contributed by atoms with Gasteiger partial charge in [-0.3, -0.25) is 4.79 Å². The zero-order valence-electron chi connectivity index (χ0n) is 14.3. The molecule has 0 radical (unpaired) electrons. The fourth-order valence-corrected chi connectivity index (χ4v) is 4.04. The van der Waals surface area contributed by atoms with E-state index >= 15 is 0 Å². The van der Waals surface area contributed by atoms with Gasteiger partial charge in [0.2, 0.25) is 15.9 Å². The Morgan fingerprint density at radius 2 is 1.87 bits per heavy atom. The van der Waals surface area contributed by atoms with Crippen LogP contribution in [0.3, 0.4) is 0 Å². The van der Waals surface area contributed by atoms with Gasteiger partial charge in [0.1, 0.15) is 0 Å². The van der Waals surface area contributed by atoms with E-state index in [1.807, 2.05) is 6.92 Å². The van der Waals surface area contributed by atoms with E-state index in [-0.39, 0.29) is 17.9 Å². The molecule has 1 aliphatic rings. The van der Waals surface area contributed by atoms with Crippen molar-refractivity contribution in [3.8, 4) is 0 Å². The van der Waals surface area contributed by atoms with Gasteiger partial charge >= 0.3 is 0 Å². The zero-order chi connectivity index (χ0) is 17.2. The smallest absolute Gasteiger partial charge is 0.223 e. The van der Waals surface area contributed by atoms with Crippen LogP contribution >= 0.6 is 0 Å². The number of amides is 1. The predicted octanol–water partition coefficient (Wildman–Crippen LogP) is 2.15. The van der Waals surface area contributed by atoms with Crippen LogP contribution in [0.25, 0.3) is 0 Å². The third-order valence-corrected chi connectivity index (χ3v) is 5.85. The molecule has 0 aliphatic carbocycles. The summed E-state index contributed by atoms with van der Waals surface area (Å²) in [6, 6.07) is 6.18. The van der Waals surface area contributed by atoms with E-state index in [4.69, 9.17) is 0 Å². The van der Waals surface area contributed by atoms with Gasteiger partial charge in [0.25, 0.3) is 0 Å². The molecule has 1 aromatic carbocycles. The molecule has 1 atom stereocenters. The van der Waals surface area contributed by atoms with Crippen molar-refractivity contribution >= 4 is 15.9 Å². The number of aryl methyl sites for hydroxylation is 2. The van der Waals surface area contributed by atoms with Gasteiger partial charge in [-0.25, -0.2) is 12.7 Å². The maximum absolute atomic E-state index is 12.4. The number of benzene rings is 1. The Hall–Kier alpha value is -1.40. The summed E-state index contributed by atoms with van der Waals surface area (Å²) in [5.41, 5.74) is 3.50. The van der Waals surface area contributed by atoms with Gasteiger partial charge in [0, 0.05) is 19.0 Å². The van der Waals surface area contributed by atoms with Gasteiger partial charge < -0.3 is 5.32 Å². The summed E-state index contributed by atoms with van der Waals surface area (Å²) < 4.78 is 24.5. The molecular weight excluding hydrogens is 312 g/mol. The molecular formula is C17H26N2O3S. The highest BCUT2D eigenvalue weighted by Crippen LogP contribution is 2.22. The van der Waals surface area contributed by atoms with E-state index in [0.717, 1.165) is 5.56 Å². The summed E-state index contributed by atoms with van der Waals surface area (Å²) in [5.74, 6) is -0.0909. The van der Waals surface area contributed by atoms with Gasteiger partial charge in [-0.2, -0.15) is 0 Å². The Kier molecular flexibility index (Phi) is 5.47. The number of nitrogens with zero attached hydrogens (tertiary/aromatic N) is 1. The lowest BCUT2D eigenvalue weighted by atomic mass is 9.95. The molecule has 128 valence electrons. The first-order chi connectivity index (χ1) is 10.7. The molecule has 2 rings (SSSR count). The van der Waals surface area contributed by atoms with E-state index in [1.165, 1.54) is 21.7 Å². The maximum Gasteiger partial charge on any atom is 0.223 e. The highest BCUT2D eigenvalue weighted by molar-refractivity contribution is 7.88. The second kappa shape index (κ2) is 7.01. The summed E-state index contributed by atoms with van der Waals surface area (Å²) in [4.78, 5) is 12.4. The van der Waals surface area contributed by atoms with E-state index in [9.17, 15) is 13.2 Å². The highest BCUT2D eigenvalue weighted by atomic mass is 32.2. The number of nitrogens with one attached hydrogen (secondary N) is 1. The molecule has 1 unspecified atom stereocenters. The maximum atomic E-state index is 12.4. The quantitative estimate of drug-likeness (QED) is 0.915. The third-order valence-electron chi connectivity index (χ3n) is 4.54. The Morgan fingerprint density at radius 3 is 2.39 bits per heavy atom. The lowest BCUT2D eigenvalue weighted by molar-refractivity contribution is -0.126. The Balaban J connectivity index is 1.95. The minimum atomic E-state index is -3.15. The number of carbonyl (C=O) groups is 1. The molecule has 0 spiro atoms. The average molecular weight is 338 g/mol. The van der Waals surface area contributed by atoms with Crippen molar-refractivity contribution in [2.75, 3.05) is 19.3 Å². The monoisotopic (exact) mass is 338 g/mol. The number of rotatable bonds is 4.